The Morgan fingerprint density at radius 2 is 1.94 bits per heavy atom. The lowest BCUT2D eigenvalue weighted by Gasteiger charge is -2.17. The van der Waals surface area contributed by atoms with Gasteiger partial charge >= 0.3 is 5.97 Å². The molecule has 0 bridgehead atoms. The highest BCUT2D eigenvalue weighted by Gasteiger charge is 2.20. The predicted octanol–water partition coefficient (Wildman–Crippen LogP) is 3.04. The third kappa shape index (κ3) is 2.96. The maximum absolute atomic E-state index is 10.9. The van der Waals surface area contributed by atoms with E-state index in [0.717, 1.165) is 15.6 Å². The molecule has 1 aromatic carbocycles. The Labute approximate surface area is 115 Å². The van der Waals surface area contributed by atoms with Crippen LogP contribution in [0.4, 0.5) is 0 Å². The molecule has 5 heteroatoms. The van der Waals surface area contributed by atoms with Crippen molar-refractivity contribution in [2.45, 2.75) is 20.3 Å². The van der Waals surface area contributed by atoms with Crippen molar-refractivity contribution in [3.8, 4) is 11.5 Å². The lowest BCUT2D eigenvalue weighted by molar-refractivity contribution is -0.141. The van der Waals surface area contributed by atoms with Gasteiger partial charge in [0.25, 0.3) is 0 Å². The Morgan fingerprint density at radius 3 is 2.39 bits per heavy atom. The van der Waals surface area contributed by atoms with E-state index in [4.69, 9.17) is 14.6 Å². The van der Waals surface area contributed by atoms with Crippen LogP contribution in [0.1, 0.15) is 18.1 Å². The predicted molar refractivity (Wildman–Crippen MR) is 72.5 cm³/mol. The molecule has 1 N–H and O–H groups in total. The minimum absolute atomic E-state index is 0.419. The fourth-order valence-electron chi connectivity index (χ4n) is 1.85. The van der Waals surface area contributed by atoms with Gasteiger partial charge in [-0.15, -0.1) is 0 Å². The van der Waals surface area contributed by atoms with Crippen molar-refractivity contribution in [3.05, 3.63) is 21.7 Å². The number of halogens is 1. The second-order valence-corrected chi connectivity index (χ2v) is 4.97. The molecule has 0 aliphatic heterocycles. The summed E-state index contributed by atoms with van der Waals surface area (Å²) in [5.74, 6) is 0.0596. The third-order valence-electron chi connectivity index (χ3n) is 2.80. The number of ether oxygens (including phenoxy) is 2. The van der Waals surface area contributed by atoms with Crippen LogP contribution in [0.3, 0.4) is 0 Å². The van der Waals surface area contributed by atoms with E-state index < -0.39 is 11.9 Å². The van der Waals surface area contributed by atoms with Gasteiger partial charge in [0.05, 0.1) is 20.1 Å². The zero-order valence-electron chi connectivity index (χ0n) is 10.9. The molecule has 0 aliphatic carbocycles. The quantitative estimate of drug-likeness (QED) is 0.907. The van der Waals surface area contributed by atoms with Gasteiger partial charge < -0.3 is 14.6 Å². The van der Waals surface area contributed by atoms with Gasteiger partial charge in [-0.1, -0.05) is 6.92 Å². The van der Waals surface area contributed by atoms with Crippen LogP contribution in [0.15, 0.2) is 10.5 Å². The highest BCUT2D eigenvalue weighted by molar-refractivity contribution is 9.10. The van der Waals surface area contributed by atoms with Crippen LogP contribution in [0.5, 0.6) is 11.5 Å². The van der Waals surface area contributed by atoms with Crippen molar-refractivity contribution in [1.82, 2.24) is 0 Å². The molecule has 18 heavy (non-hydrogen) atoms. The Balaban J connectivity index is 3.24. The number of carbonyl (C=O) groups is 1. The molecule has 0 amide bonds. The molecular formula is C13H17BrO4. The standard InChI is InChI=1S/C13H17BrO4/c1-7-5-9(6-8(2)13(15)16)12(18-4)10(14)11(7)17-3/h5,8H,6H2,1-4H3,(H,15,16). The van der Waals surface area contributed by atoms with E-state index in [-0.39, 0.29) is 0 Å². The molecule has 4 nitrogen and oxygen atoms in total. The molecule has 1 unspecified atom stereocenters. The van der Waals surface area contributed by atoms with E-state index in [9.17, 15) is 4.79 Å². The van der Waals surface area contributed by atoms with Gasteiger partial charge in [0, 0.05) is 0 Å². The number of hydrogen-bond acceptors (Lipinski definition) is 3. The number of hydrogen-bond donors (Lipinski definition) is 1. The van der Waals surface area contributed by atoms with Gasteiger partial charge in [0.2, 0.25) is 0 Å². The minimum atomic E-state index is -0.818. The molecule has 0 aliphatic rings. The molecule has 0 saturated heterocycles. The molecule has 1 atom stereocenters. The topological polar surface area (TPSA) is 55.8 Å². The van der Waals surface area contributed by atoms with Crippen LogP contribution in [-0.2, 0) is 11.2 Å². The Kier molecular flexibility index (Phi) is 5.02. The Bertz CT molecular complexity index is 457. The summed E-state index contributed by atoms with van der Waals surface area (Å²) in [6.45, 7) is 3.59. The maximum Gasteiger partial charge on any atom is 0.306 e. The van der Waals surface area contributed by atoms with E-state index in [1.165, 1.54) is 0 Å². The average molecular weight is 317 g/mol. The molecule has 0 fully saturated rings. The summed E-state index contributed by atoms with van der Waals surface area (Å²) in [5.41, 5.74) is 1.80. The lowest BCUT2D eigenvalue weighted by Crippen LogP contribution is -2.13. The minimum Gasteiger partial charge on any atom is -0.495 e. The highest BCUT2D eigenvalue weighted by atomic mass is 79.9. The van der Waals surface area contributed by atoms with Crippen molar-refractivity contribution >= 4 is 21.9 Å². The van der Waals surface area contributed by atoms with E-state index in [0.29, 0.717) is 17.9 Å². The van der Waals surface area contributed by atoms with Gasteiger partial charge in [0.1, 0.15) is 16.0 Å². The summed E-state index contributed by atoms with van der Waals surface area (Å²) >= 11 is 3.43. The molecule has 0 heterocycles. The second kappa shape index (κ2) is 6.09. The van der Waals surface area contributed by atoms with E-state index in [1.54, 1.807) is 21.1 Å². The number of aliphatic carboxylic acids is 1. The molecule has 0 saturated carbocycles. The molecule has 1 aromatic rings. The first-order valence-electron chi connectivity index (χ1n) is 5.55. The van der Waals surface area contributed by atoms with Gasteiger partial charge in [0.15, 0.2) is 0 Å². The average Bonchev–Trinajstić information content (AvgIpc) is 2.29. The van der Waals surface area contributed by atoms with Gasteiger partial charge in [-0.25, -0.2) is 0 Å². The summed E-state index contributed by atoms with van der Waals surface area (Å²) in [4.78, 5) is 10.9. The molecule has 100 valence electrons. The van der Waals surface area contributed by atoms with Gasteiger partial charge in [-0.2, -0.15) is 0 Å². The molecule has 0 aromatic heterocycles. The number of carboxylic acids is 1. The van der Waals surface area contributed by atoms with Crippen molar-refractivity contribution < 1.29 is 19.4 Å². The molecule has 1 rings (SSSR count). The number of aryl methyl sites for hydroxylation is 1. The first-order chi connectivity index (χ1) is 8.42. The van der Waals surface area contributed by atoms with E-state index in [2.05, 4.69) is 15.9 Å². The smallest absolute Gasteiger partial charge is 0.306 e. The Morgan fingerprint density at radius 1 is 1.39 bits per heavy atom. The molecule has 0 spiro atoms. The third-order valence-corrected chi connectivity index (χ3v) is 3.52. The number of carboxylic acid groups (broad SMARTS) is 1. The van der Waals surface area contributed by atoms with Crippen molar-refractivity contribution in [1.29, 1.82) is 0 Å². The van der Waals surface area contributed by atoms with Crippen LogP contribution in [0.25, 0.3) is 0 Å². The van der Waals surface area contributed by atoms with Gasteiger partial charge in [-0.05, 0) is 46.5 Å². The summed E-state index contributed by atoms with van der Waals surface area (Å²) in [5, 5.41) is 8.97. The SMILES string of the molecule is COc1c(C)cc(CC(C)C(=O)O)c(OC)c1Br. The highest BCUT2D eigenvalue weighted by Crippen LogP contribution is 2.40. The zero-order chi connectivity index (χ0) is 13.9. The lowest BCUT2D eigenvalue weighted by atomic mass is 9.98. The fourth-order valence-corrected chi connectivity index (χ4v) is 2.74. The van der Waals surface area contributed by atoms with Crippen molar-refractivity contribution in [2.75, 3.05) is 14.2 Å². The number of methoxy groups -OCH3 is 2. The monoisotopic (exact) mass is 316 g/mol. The first kappa shape index (κ1) is 14.8. The summed E-state index contributed by atoms with van der Waals surface area (Å²) in [6, 6.07) is 1.90. The number of rotatable bonds is 5. The van der Waals surface area contributed by atoms with Crippen LogP contribution in [-0.4, -0.2) is 25.3 Å². The summed E-state index contributed by atoms with van der Waals surface area (Å²) < 4.78 is 11.3. The van der Waals surface area contributed by atoms with Crippen molar-refractivity contribution in [2.24, 2.45) is 5.92 Å². The second-order valence-electron chi connectivity index (χ2n) is 4.18. The molecular weight excluding hydrogens is 300 g/mol. The van der Waals surface area contributed by atoms with Crippen LogP contribution in [0, 0.1) is 12.8 Å². The molecule has 0 radical (unpaired) electrons. The van der Waals surface area contributed by atoms with Crippen LogP contribution < -0.4 is 9.47 Å². The van der Waals surface area contributed by atoms with Crippen molar-refractivity contribution in [3.63, 3.8) is 0 Å². The van der Waals surface area contributed by atoms with E-state index >= 15 is 0 Å². The summed E-state index contributed by atoms with van der Waals surface area (Å²) in [6.07, 6.45) is 0.419. The first-order valence-corrected chi connectivity index (χ1v) is 6.34. The van der Waals surface area contributed by atoms with Gasteiger partial charge in [-0.3, -0.25) is 4.79 Å². The largest absolute Gasteiger partial charge is 0.495 e. The van der Waals surface area contributed by atoms with E-state index in [1.807, 2.05) is 13.0 Å². The number of benzene rings is 1. The summed E-state index contributed by atoms with van der Waals surface area (Å²) in [7, 11) is 3.15. The zero-order valence-corrected chi connectivity index (χ0v) is 12.5. The van der Waals surface area contributed by atoms with Crippen LogP contribution in [0.2, 0.25) is 0 Å². The fraction of sp³-hybridized carbons (Fsp3) is 0.462. The normalized spacial score (nSPS) is 12.1. The Hall–Kier alpha value is -1.23. The maximum atomic E-state index is 10.9. The van der Waals surface area contributed by atoms with Crippen LogP contribution >= 0.6 is 15.9 Å².